The standard InChI is InChI=1S/C28H34N2O3/c1-20(2)27-26(23-9-5-3-6-10-23)28(24-11-7-4-8-12-24)30(29-27)17-21-13-15-22(16-14-21)18-33-19-25(31)32/h3-12,20-22H,13-19H2,1-2H3,(H,31,32)/t21-,22-. The zero-order valence-corrected chi connectivity index (χ0v) is 19.6. The number of ether oxygens (including phenoxy) is 1. The lowest BCUT2D eigenvalue weighted by molar-refractivity contribution is -0.142. The van der Waals surface area contributed by atoms with Crippen LogP contribution in [0.3, 0.4) is 0 Å². The minimum absolute atomic E-state index is 0.201. The lowest BCUT2D eigenvalue weighted by Crippen LogP contribution is -2.23. The molecule has 0 bridgehead atoms. The highest BCUT2D eigenvalue weighted by molar-refractivity contribution is 5.83. The summed E-state index contributed by atoms with van der Waals surface area (Å²) in [4.78, 5) is 10.7. The van der Waals surface area contributed by atoms with Gasteiger partial charge >= 0.3 is 5.97 Å². The molecule has 0 aliphatic heterocycles. The molecule has 5 heteroatoms. The molecule has 0 unspecified atom stereocenters. The molecule has 0 atom stereocenters. The smallest absolute Gasteiger partial charge is 0.329 e. The molecule has 3 aromatic rings. The summed E-state index contributed by atoms with van der Waals surface area (Å²) in [5.41, 5.74) is 6.01. The van der Waals surface area contributed by atoms with Crippen LogP contribution >= 0.6 is 0 Å². The molecule has 1 heterocycles. The molecule has 0 spiro atoms. The van der Waals surface area contributed by atoms with Crippen LogP contribution in [-0.4, -0.2) is 34.1 Å². The first-order valence-electron chi connectivity index (χ1n) is 12.0. The molecule has 1 aliphatic rings. The van der Waals surface area contributed by atoms with Crippen molar-refractivity contribution in [1.82, 2.24) is 9.78 Å². The van der Waals surface area contributed by atoms with Gasteiger partial charge in [0.2, 0.25) is 0 Å². The minimum Gasteiger partial charge on any atom is -0.480 e. The summed E-state index contributed by atoms with van der Waals surface area (Å²) >= 11 is 0. The van der Waals surface area contributed by atoms with Crippen LogP contribution in [0, 0.1) is 11.8 Å². The van der Waals surface area contributed by atoms with E-state index < -0.39 is 5.97 Å². The second kappa shape index (κ2) is 10.8. The van der Waals surface area contributed by atoms with E-state index >= 15 is 0 Å². The van der Waals surface area contributed by atoms with Crippen LogP contribution in [-0.2, 0) is 16.1 Å². The highest BCUT2D eigenvalue weighted by Crippen LogP contribution is 2.39. The van der Waals surface area contributed by atoms with Crippen molar-refractivity contribution in [3.63, 3.8) is 0 Å². The Balaban J connectivity index is 1.59. The van der Waals surface area contributed by atoms with Crippen molar-refractivity contribution in [3.8, 4) is 22.4 Å². The van der Waals surface area contributed by atoms with Crippen molar-refractivity contribution in [2.75, 3.05) is 13.2 Å². The van der Waals surface area contributed by atoms with Gasteiger partial charge in [0, 0.05) is 17.7 Å². The molecule has 1 saturated carbocycles. The van der Waals surface area contributed by atoms with Gasteiger partial charge in [0.05, 0.1) is 18.0 Å². The van der Waals surface area contributed by atoms with Crippen LogP contribution in [0.2, 0.25) is 0 Å². The second-order valence-corrected chi connectivity index (χ2v) is 9.47. The maximum Gasteiger partial charge on any atom is 0.329 e. The van der Waals surface area contributed by atoms with Crippen LogP contribution in [0.25, 0.3) is 22.4 Å². The van der Waals surface area contributed by atoms with Crippen LogP contribution < -0.4 is 0 Å². The van der Waals surface area contributed by atoms with Gasteiger partial charge in [-0.15, -0.1) is 0 Å². The molecule has 33 heavy (non-hydrogen) atoms. The number of hydrogen-bond donors (Lipinski definition) is 1. The number of aliphatic carboxylic acids is 1. The number of rotatable bonds is 9. The van der Waals surface area contributed by atoms with E-state index in [4.69, 9.17) is 14.9 Å². The molecule has 4 rings (SSSR count). The lowest BCUT2D eigenvalue weighted by Gasteiger charge is -2.28. The Labute approximate surface area is 196 Å². The SMILES string of the molecule is CC(C)c1nn(C[C@H]2CC[C@H](COCC(=O)O)CC2)c(-c2ccccc2)c1-c1ccccc1. The van der Waals surface area contributed by atoms with Gasteiger partial charge in [-0.2, -0.15) is 5.10 Å². The average molecular weight is 447 g/mol. The summed E-state index contributed by atoms with van der Waals surface area (Å²) in [6.45, 7) is 5.69. The molecule has 1 fully saturated rings. The molecule has 0 saturated heterocycles. The van der Waals surface area contributed by atoms with E-state index in [1.54, 1.807) is 0 Å². The predicted molar refractivity (Wildman–Crippen MR) is 131 cm³/mol. The fourth-order valence-corrected chi connectivity index (χ4v) is 4.93. The van der Waals surface area contributed by atoms with Crippen LogP contribution in [0.1, 0.15) is 51.1 Å². The fraction of sp³-hybridized carbons (Fsp3) is 0.429. The Kier molecular flexibility index (Phi) is 7.61. The summed E-state index contributed by atoms with van der Waals surface area (Å²) in [5, 5.41) is 14.0. The van der Waals surface area contributed by atoms with Gasteiger partial charge in [-0.25, -0.2) is 4.79 Å². The maximum atomic E-state index is 10.7. The van der Waals surface area contributed by atoms with E-state index in [1.807, 2.05) is 0 Å². The number of aromatic nitrogens is 2. The lowest BCUT2D eigenvalue weighted by atomic mass is 9.82. The molecule has 0 radical (unpaired) electrons. The Hall–Kier alpha value is -2.92. The van der Waals surface area contributed by atoms with Gasteiger partial charge in [-0.05, 0) is 49.0 Å². The van der Waals surface area contributed by atoms with Crippen LogP contribution in [0.4, 0.5) is 0 Å². The fourth-order valence-electron chi connectivity index (χ4n) is 4.93. The van der Waals surface area contributed by atoms with Crippen molar-refractivity contribution in [2.45, 2.75) is 52.0 Å². The van der Waals surface area contributed by atoms with Gasteiger partial charge in [0.15, 0.2) is 0 Å². The summed E-state index contributed by atoms with van der Waals surface area (Å²) < 4.78 is 7.59. The Morgan fingerprint density at radius 2 is 1.55 bits per heavy atom. The molecule has 0 amide bonds. The van der Waals surface area contributed by atoms with E-state index in [0.717, 1.165) is 37.9 Å². The summed E-state index contributed by atoms with van der Waals surface area (Å²) in [5.74, 6) is 0.446. The van der Waals surface area contributed by atoms with E-state index in [-0.39, 0.29) is 6.61 Å². The number of carboxylic acid groups (broad SMARTS) is 1. The summed E-state index contributed by atoms with van der Waals surface area (Å²) in [7, 11) is 0. The number of carbonyl (C=O) groups is 1. The summed E-state index contributed by atoms with van der Waals surface area (Å²) in [6, 6.07) is 21.2. The molecule has 1 aromatic heterocycles. The molecule has 1 N–H and O–H groups in total. The van der Waals surface area contributed by atoms with Crippen molar-refractivity contribution in [2.24, 2.45) is 11.8 Å². The van der Waals surface area contributed by atoms with Gasteiger partial charge in [0.1, 0.15) is 6.61 Å². The van der Waals surface area contributed by atoms with E-state index in [0.29, 0.717) is 24.4 Å². The molecule has 5 nitrogen and oxygen atoms in total. The first kappa shape index (κ1) is 23.2. The van der Waals surface area contributed by atoms with E-state index in [1.165, 1.54) is 22.4 Å². The zero-order chi connectivity index (χ0) is 23.2. The highest BCUT2D eigenvalue weighted by atomic mass is 16.5. The van der Waals surface area contributed by atoms with E-state index in [2.05, 4.69) is 79.2 Å². The minimum atomic E-state index is -0.897. The third-order valence-corrected chi connectivity index (χ3v) is 6.61. The predicted octanol–water partition coefficient (Wildman–Crippen LogP) is 6.25. The van der Waals surface area contributed by atoms with Crippen LogP contribution in [0.5, 0.6) is 0 Å². The first-order valence-corrected chi connectivity index (χ1v) is 12.0. The number of hydrogen-bond acceptors (Lipinski definition) is 3. The number of benzene rings is 2. The number of carboxylic acids is 1. The quantitative estimate of drug-likeness (QED) is 0.422. The first-order chi connectivity index (χ1) is 16.0. The molecule has 1 aliphatic carbocycles. The number of nitrogens with zero attached hydrogens (tertiary/aromatic N) is 2. The van der Waals surface area contributed by atoms with Crippen LogP contribution in [0.15, 0.2) is 60.7 Å². The third kappa shape index (κ3) is 5.72. The topological polar surface area (TPSA) is 64.4 Å². The highest BCUT2D eigenvalue weighted by Gasteiger charge is 2.26. The molecule has 2 aromatic carbocycles. The molecule has 174 valence electrons. The van der Waals surface area contributed by atoms with Gasteiger partial charge in [-0.3, -0.25) is 4.68 Å². The van der Waals surface area contributed by atoms with Crippen molar-refractivity contribution < 1.29 is 14.6 Å². The van der Waals surface area contributed by atoms with Gasteiger partial charge in [-0.1, -0.05) is 74.5 Å². The molecular formula is C28H34N2O3. The Morgan fingerprint density at radius 1 is 0.970 bits per heavy atom. The molecular weight excluding hydrogens is 412 g/mol. The Bertz CT molecular complexity index is 1040. The summed E-state index contributed by atoms with van der Waals surface area (Å²) in [6.07, 6.45) is 4.39. The van der Waals surface area contributed by atoms with E-state index in [9.17, 15) is 4.79 Å². The Morgan fingerprint density at radius 3 is 2.12 bits per heavy atom. The maximum absolute atomic E-state index is 10.7. The zero-order valence-electron chi connectivity index (χ0n) is 19.6. The van der Waals surface area contributed by atoms with Crippen molar-refractivity contribution in [1.29, 1.82) is 0 Å². The van der Waals surface area contributed by atoms with Gasteiger partial charge in [0.25, 0.3) is 0 Å². The largest absolute Gasteiger partial charge is 0.480 e. The average Bonchev–Trinajstić information content (AvgIpc) is 3.20. The van der Waals surface area contributed by atoms with Crippen molar-refractivity contribution in [3.05, 3.63) is 66.4 Å². The van der Waals surface area contributed by atoms with Gasteiger partial charge < -0.3 is 9.84 Å². The second-order valence-electron chi connectivity index (χ2n) is 9.47. The monoisotopic (exact) mass is 446 g/mol. The third-order valence-electron chi connectivity index (χ3n) is 6.61. The normalized spacial score (nSPS) is 18.5. The van der Waals surface area contributed by atoms with Crippen molar-refractivity contribution >= 4 is 5.97 Å².